The molecule has 0 aromatic carbocycles. The smallest absolute Gasteiger partial charge is 0.253 e. The normalized spacial score (nSPS) is 15.2. The third-order valence-electron chi connectivity index (χ3n) is 4.74. The number of amides is 1. The first-order valence-corrected chi connectivity index (χ1v) is 9.24. The second-order valence-corrected chi connectivity index (χ2v) is 6.74. The predicted octanol–water partition coefficient (Wildman–Crippen LogP) is 2.16. The van der Waals surface area contributed by atoms with Gasteiger partial charge in [0.25, 0.3) is 5.91 Å². The minimum atomic E-state index is -0.184. The second kappa shape index (κ2) is 8.80. The van der Waals surface area contributed by atoms with Gasteiger partial charge in [-0.05, 0) is 37.3 Å². The quantitative estimate of drug-likeness (QED) is 0.788. The molecule has 1 fully saturated rings. The highest BCUT2D eigenvalue weighted by atomic mass is 16.5. The Labute approximate surface area is 153 Å². The Morgan fingerprint density at radius 2 is 2.19 bits per heavy atom. The first-order valence-electron chi connectivity index (χ1n) is 9.24. The van der Waals surface area contributed by atoms with Gasteiger partial charge in [0.2, 0.25) is 0 Å². The number of carbonyl (C=O) groups is 1. The van der Waals surface area contributed by atoms with Crippen LogP contribution < -0.4 is 10.2 Å². The summed E-state index contributed by atoms with van der Waals surface area (Å²) in [6.45, 7) is 4.42. The van der Waals surface area contributed by atoms with Crippen LogP contribution in [0, 0.1) is 5.92 Å². The molecule has 3 rings (SSSR count). The van der Waals surface area contributed by atoms with E-state index in [9.17, 15) is 9.90 Å². The maximum absolute atomic E-state index is 12.3. The number of hydrogen-bond acceptors (Lipinski definition) is 6. The molecule has 0 aliphatic carbocycles. The number of anilines is 1. The maximum Gasteiger partial charge on any atom is 0.253 e. The Kier molecular flexibility index (Phi) is 6.22. The number of carbonyl (C=O) groups excluding carboxylic acids is 1. The monoisotopic (exact) mass is 358 g/mol. The van der Waals surface area contributed by atoms with E-state index in [1.54, 1.807) is 12.3 Å². The van der Waals surface area contributed by atoms with E-state index >= 15 is 0 Å². The molecule has 1 amide bonds. The van der Waals surface area contributed by atoms with Crippen molar-refractivity contribution in [1.82, 2.24) is 15.5 Å². The Bertz CT molecular complexity index is 706. The molecule has 1 aliphatic rings. The van der Waals surface area contributed by atoms with Gasteiger partial charge in [0.05, 0.1) is 17.8 Å². The van der Waals surface area contributed by atoms with Crippen molar-refractivity contribution in [3.63, 3.8) is 0 Å². The zero-order chi connectivity index (χ0) is 18.4. The molecule has 7 nitrogen and oxygen atoms in total. The van der Waals surface area contributed by atoms with Crippen molar-refractivity contribution in [3.05, 3.63) is 41.4 Å². The van der Waals surface area contributed by atoms with Crippen LogP contribution in [0.5, 0.6) is 0 Å². The van der Waals surface area contributed by atoms with Gasteiger partial charge >= 0.3 is 0 Å². The van der Waals surface area contributed by atoms with Gasteiger partial charge in [0.15, 0.2) is 5.76 Å². The number of nitrogens with one attached hydrogen (secondary N) is 1. The summed E-state index contributed by atoms with van der Waals surface area (Å²) >= 11 is 0. The molecular weight excluding hydrogens is 332 g/mol. The van der Waals surface area contributed by atoms with E-state index in [-0.39, 0.29) is 12.5 Å². The largest absolute Gasteiger partial charge is 0.396 e. The summed E-state index contributed by atoms with van der Waals surface area (Å²) in [5.41, 5.74) is 1.43. The van der Waals surface area contributed by atoms with Crippen LogP contribution in [0.3, 0.4) is 0 Å². The fourth-order valence-corrected chi connectivity index (χ4v) is 3.13. The lowest BCUT2D eigenvalue weighted by Crippen LogP contribution is -2.35. The number of nitrogens with zero attached hydrogens (tertiary/aromatic N) is 3. The molecule has 1 aliphatic heterocycles. The van der Waals surface area contributed by atoms with Gasteiger partial charge in [-0.15, -0.1) is 0 Å². The molecule has 2 aromatic rings. The molecule has 0 atom stereocenters. The standard InChI is InChI=1S/C19H26N4O3/c1-2-3-16-10-17(26-22-16)12-21-19(25)15-4-5-18(20-11-15)23-8-6-14(13-24)7-9-23/h4-5,10-11,14,24H,2-3,6-9,12-13H2,1H3,(H,21,25). The summed E-state index contributed by atoms with van der Waals surface area (Å²) in [6, 6.07) is 5.54. The number of piperidine rings is 1. The van der Waals surface area contributed by atoms with Gasteiger partial charge in [-0.25, -0.2) is 4.98 Å². The molecule has 26 heavy (non-hydrogen) atoms. The van der Waals surface area contributed by atoms with E-state index in [1.807, 2.05) is 12.1 Å². The Morgan fingerprint density at radius 1 is 1.38 bits per heavy atom. The van der Waals surface area contributed by atoms with E-state index in [0.717, 1.165) is 50.3 Å². The van der Waals surface area contributed by atoms with Crippen LogP contribution in [0.2, 0.25) is 0 Å². The minimum absolute atomic E-state index is 0.184. The van der Waals surface area contributed by atoms with Gasteiger partial charge < -0.3 is 19.8 Å². The molecule has 1 saturated heterocycles. The lowest BCUT2D eigenvalue weighted by Gasteiger charge is -2.31. The summed E-state index contributed by atoms with van der Waals surface area (Å²) in [5.74, 6) is 1.73. The van der Waals surface area contributed by atoms with Crippen molar-refractivity contribution in [3.8, 4) is 0 Å². The van der Waals surface area contributed by atoms with Crippen LogP contribution in [0.15, 0.2) is 28.9 Å². The van der Waals surface area contributed by atoms with E-state index < -0.39 is 0 Å². The van der Waals surface area contributed by atoms with E-state index in [2.05, 4.69) is 27.3 Å². The number of aryl methyl sites for hydroxylation is 1. The lowest BCUT2D eigenvalue weighted by atomic mass is 9.98. The first-order chi connectivity index (χ1) is 12.7. The highest BCUT2D eigenvalue weighted by Gasteiger charge is 2.19. The van der Waals surface area contributed by atoms with E-state index in [0.29, 0.717) is 23.8 Å². The SMILES string of the molecule is CCCc1cc(CNC(=O)c2ccc(N3CCC(CO)CC3)nc2)on1. The molecule has 7 heteroatoms. The van der Waals surface area contributed by atoms with E-state index in [1.165, 1.54) is 0 Å². The first kappa shape index (κ1) is 18.4. The molecule has 140 valence electrons. The number of aliphatic hydroxyl groups is 1. The lowest BCUT2D eigenvalue weighted by molar-refractivity contribution is 0.0946. The maximum atomic E-state index is 12.3. The Morgan fingerprint density at radius 3 is 2.85 bits per heavy atom. The number of aliphatic hydroxyl groups excluding tert-OH is 1. The Hall–Kier alpha value is -2.41. The molecule has 2 N–H and O–H groups in total. The van der Waals surface area contributed by atoms with Gasteiger partial charge in [0, 0.05) is 32.0 Å². The third-order valence-corrected chi connectivity index (χ3v) is 4.74. The fourth-order valence-electron chi connectivity index (χ4n) is 3.13. The molecule has 0 saturated carbocycles. The molecular formula is C19H26N4O3. The molecule has 3 heterocycles. The number of pyridine rings is 1. The van der Waals surface area contributed by atoms with Gasteiger partial charge in [-0.1, -0.05) is 18.5 Å². The van der Waals surface area contributed by atoms with Gasteiger partial charge in [-0.3, -0.25) is 4.79 Å². The summed E-state index contributed by atoms with van der Waals surface area (Å²) in [6.07, 6.45) is 5.42. The molecule has 0 unspecified atom stereocenters. The zero-order valence-electron chi connectivity index (χ0n) is 15.1. The van der Waals surface area contributed by atoms with Crippen molar-refractivity contribution in [2.45, 2.75) is 39.2 Å². The number of hydrogen-bond donors (Lipinski definition) is 2. The van der Waals surface area contributed by atoms with Crippen molar-refractivity contribution < 1.29 is 14.4 Å². The van der Waals surface area contributed by atoms with Crippen LogP contribution in [0.4, 0.5) is 5.82 Å². The van der Waals surface area contributed by atoms with Crippen LogP contribution in [-0.2, 0) is 13.0 Å². The topological polar surface area (TPSA) is 91.5 Å². The fraction of sp³-hybridized carbons (Fsp3) is 0.526. The zero-order valence-corrected chi connectivity index (χ0v) is 15.1. The molecule has 0 spiro atoms. The molecule has 0 bridgehead atoms. The van der Waals surface area contributed by atoms with Crippen molar-refractivity contribution >= 4 is 11.7 Å². The van der Waals surface area contributed by atoms with Crippen molar-refractivity contribution in [2.75, 3.05) is 24.6 Å². The van der Waals surface area contributed by atoms with Crippen LogP contribution in [-0.4, -0.2) is 40.9 Å². The highest BCUT2D eigenvalue weighted by Crippen LogP contribution is 2.21. The van der Waals surface area contributed by atoms with Crippen molar-refractivity contribution in [1.29, 1.82) is 0 Å². The summed E-state index contributed by atoms with van der Waals surface area (Å²) < 4.78 is 5.21. The van der Waals surface area contributed by atoms with E-state index in [4.69, 9.17) is 4.52 Å². The van der Waals surface area contributed by atoms with Crippen LogP contribution in [0.1, 0.15) is 48.0 Å². The summed E-state index contributed by atoms with van der Waals surface area (Å²) in [7, 11) is 0. The summed E-state index contributed by atoms with van der Waals surface area (Å²) in [5, 5.41) is 16.0. The molecule has 0 radical (unpaired) electrons. The minimum Gasteiger partial charge on any atom is -0.396 e. The number of aromatic nitrogens is 2. The van der Waals surface area contributed by atoms with Crippen LogP contribution >= 0.6 is 0 Å². The highest BCUT2D eigenvalue weighted by molar-refractivity contribution is 5.93. The average Bonchev–Trinajstić information content (AvgIpc) is 3.14. The van der Waals surface area contributed by atoms with Gasteiger partial charge in [-0.2, -0.15) is 0 Å². The predicted molar refractivity (Wildman–Crippen MR) is 97.9 cm³/mol. The number of rotatable bonds is 7. The summed E-state index contributed by atoms with van der Waals surface area (Å²) in [4.78, 5) is 18.9. The van der Waals surface area contributed by atoms with Gasteiger partial charge in [0.1, 0.15) is 5.82 Å². The third kappa shape index (κ3) is 4.60. The average molecular weight is 358 g/mol. The van der Waals surface area contributed by atoms with Crippen molar-refractivity contribution in [2.24, 2.45) is 5.92 Å². The van der Waals surface area contributed by atoms with Crippen LogP contribution in [0.25, 0.3) is 0 Å². The second-order valence-electron chi connectivity index (χ2n) is 6.74. The molecule has 2 aromatic heterocycles. The Balaban J connectivity index is 1.51.